The van der Waals surface area contributed by atoms with E-state index in [1.807, 2.05) is 4.90 Å². The molecule has 4 nitrogen and oxygen atoms in total. The van der Waals surface area contributed by atoms with Gasteiger partial charge in [0.1, 0.15) is 11.6 Å². The Kier molecular flexibility index (Phi) is 5.46. The second-order valence-corrected chi connectivity index (χ2v) is 6.06. The molecule has 0 spiro atoms. The maximum absolute atomic E-state index is 12.3. The zero-order valence-corrected chi connectivity index (χ0v) is 12.4. The number of nitrogens with one attached hydrogen (secondary N) is 1. The number of likely N-dealkylation sites (tertiary alicyclic amines) is 1. The van der Waals surface area contributed by atoms with Crippen LogP contribution >= 0.6 is 0 Å². The molecule has 1 saturated carbocycles. The summed E-state index contributed by atoms with van der Waals surface area (Å²) in [4.78, 5) is 14.1. The van der Waals surface area contributed by atoms with E-state index in [9.17, 15) is 10.1 Å². The van der Waals surface area contributed by atoms with Gasteiger partial charge in [0.15, 0.2) is 0 Å². The van der Waals surface area contributed by atoms with E-state index < -0.39 is 0 Å². The van der Waals surface area contributed by atoms with Crippen LogP contribution in [0.5, 0.6) is 0 Å². The molecule has 2 atom stereocenters. The summed E-state index contributed by atoms with van der Waals surface area (Å²) in [5.74, 6) is 0.508. The lowest BCUT2D eigenvalue weighted by atomic mass is 9.86. The standard InChI is InChI=1S/C16H25N3O/c1-13-7-3-4-8-15(13)18-12-14(11-17)16(20)19-9-5-2-6-10-19/h12-13,15,18H,2-10H2,1H3/b14-12-. The van der Waals surface area contributed by atoms with Gasteiger partial charge >= 0.3 is 0 Å². The van der Waals surface area contributed by atoms with E-state index in [2.05, 4.69) is 18.3 Å². The molecule has 1 amide bonds. The number of hydrogen-bond acceptors (Lipinski definition) is 3. The minimum Gasteiger partial charge on any atom is -0.387 e. The first kappa shape index (κ1) is 14.9. The van der Waals surface area contributed by atoms with Crippen molar-refractivity contribution in [3.05, 3.63) is 11.8 Å². The molecule has 2 unspecified atom stereocenters. The Hall–Kier alpha value is -1.50. The van der Waals surface area contributed by atoms with E-state index >= 15 is 0 Å². The second-order valence-electron chi connectivity index (χ2n) is 6.06. The summed E-state index contributed by atoms with van der Waals surface area (Å²) in [6.07, 6.45) is 9.84. The minimum absolute atomic E-state index is 0.108. The number of amides is 1. The van der Waals surface area contributed by atoms with E-state index in [4.69, 9.17) is 0 Å². The Balaban J connectivity index is 1.94. The molecule has 110 valence electrons. The predicted molar refractivity (Wildman–Crippen MR) is 78.7 cm³/mol. The molecule has 0 aromatic carbocycles. The Morgan fingerprint density at radius 1 is 1.20 bits per heavy atom. The van der Waals surface area contributed by atoms with E-state index in [0.29, 0.717) is 12.0 Å². The molecule has 1 saturated heterocycles. The van der Waals surface area contributed by atoms with Crippen LogP contribution in [0, 0.1) is 17.2 Å². The van der Waals surface area contributed by atoms with E-state index in [1.54, 1.807) is 6.20 Å². The number of nitrogens with zero attached hydrogens (tertiary/aromatic N) is 2. The molecule has 0 aromatic heterocycles. The summed E-state index contributed by atoms with van der Waals surface area (Å²) in [5.41, 5.74) is 0.254. The lowest BCUT2D eigenvalue weighted by molar-refractivity contribution is -0.127. The summed E-state index contributed by atoms with van der Waals surface area (Å²) < 4.78 is 0. The average molecular weight is 275 g/mol. The smallest absolute Gasteiger partial charge is 0.265 e. The Bertz CT molecular complexity index is 404. The lowest BCUT2D eigenvalue weighted by Gasteiger charge is -2.29. The van der Waals surface area contributed by atoms with E-state index in [-0.39, 0.29) is 11.5 Å². The Morgan fingerprint density at radius 3 is 2.55 bits per heavy atom. The molecule has 1 aliphatic heterocycles. The van der Waals surface area contributed by atoms with Crippen LogP contribution in [-0.2, 0) is 4.79 Å². The average Bonchev–Trinajstić information content (AvgIpc) is 2.50. The van der Waals surface area contributed by atoms with Gasteiger partial charge in [-0.1, -0.05) is 19.8 Å². The van der Waals surface area contributed by atoms with Crippen LogP contribution in [0.2, 0.25) is 0 Å². The minimum atomic E-state index is -0.108. The van der Waals surface area contributed by atoms with Gasteiger partial charge in [-0.2, -0.15) is 5.26 Å². The van der Waals surface area contributed by atoms with Crippen molar-refractivity contribution >= 4 is 5.91 Å². The molecule has 1 aliphatic carbocycles. The van der Waals surface area contributed by atoms with Gasteiger partial charge in [-0.3, -0.25) is 4.79 Å². The zero-order chi connectivity index (χ0) is 14.4. The number of carbonyl (C=O) groups excluding carboxylic acids is 1. The van der Waals surface area contributed by atoms with Crippen LogP contribution in [0.4, 0.5) is 0 Å². The highest BCUT2D eigenvalue weighted by Crippen LogP contribution is 2.23. The fourth-order valence-corrected chi connectivity index (χ4v) is 3.16. The van der Waals surface area contributed by atoms with Crippen molar-refractivity contribution in [2.75, 3.05) is 13.1 Å². The van der Waals surface area contributed by atoms with Crippen LogP contribution in [0.3, 0.4) is 0 Å². The molecule has 1 heterocycles. The van der Waals surface area contributed by atoms with Crippen LogP contribution < -0.4 is 5.32 Å². The quantitative estimate of drug-likeness (QED) is 0.636. The SMILES string of the molecule is CC1CCCCC1N/C=C(/C#N)C(=O)N1CCCCC1. The largest absolute Gasteiger partial charge is 0.387 e. The highest BCUT2D eigenvalue weighted by atomic mass is 16.2. The van der Waals surface area contributed by atoms with Crippen LogP contribution in [0.15, 0.2) is 11.8 Å². The maximum Gasteiger partial charge on any atom is 0.265 e. The van der Waals surface area contributed by atoms with Gasteiger partial charge in [0, 0.05) is 25.3 Å². The number of rotatable bonds is 3. The van der Waals surface area contributed by atoms with Crippen molar-refractivity contribution in [2.24, 2.45) is 5.92 Å². The molecular weight excluding hydrogens is 250 g/mol. The van der Waals surface area contributed by atoms with Gasteiger partial charge in [-0.15, -0.1) is 0 Å². The molecular formula is C16H25N3O. The number of hydrogen-bond donors (Lipinski definition) is 1. The van der Waals surface area contributed by atoms with Gasteiger partial charge in [0.2, 0.25) is 0 Å². The summed E-state index contributed by atoms with van der Waals surface area (Å²) >= 11 is 0. The van der Waals surface area contributed by atoms with E-state index in [1.165, 1.54) is 25.7 Å². The van der Waals surface area contributed by atoms with Gasteiger partial charge in [0.05, 0.1) is 0 Å². The summed E-state index contributed by atoms with van der Waals surface area (Å²) in [6, 6.07) is 2.46. The van der Waals surface area contributed by atoms with Crippen molar-refractivity contribution in [2.45, 2.75) is 57.9 Å². The van der Waals surface area contributed by atoms with Gasteiger partial charge < -0.3 is 10.2 Å². The molecule has 0 aromatic rings. The fraction of sp³-hybridized carbons (Fsp3) is 0.750. The highest BCUT2D eigenvalue weighted by Gasteiger charge is 2.23. The van der Waals surface area contributed by atoms with Crippen LogP contribution in [0.25, 0.3) is 0 Å². The first-order valence-corrected chi connectivity index (χ1v) is 7.88. The molecule has 4 heteroatoms. The third kappa shape index (κ3) is 3.75. The first-order valence-electron chi connectivity index (χ1n) is 7.88. The van der Waals surface area contributed by atoms with Gasteiger partial charge in [-0.05, 0) is 38.0 Å². The number of nitriles is 1. The zero-order valence-electron chi connectivity index (χ0n) is 12.4. The summed E-state index contributed by atoms with van der Waals surface area (Å²) in [5, 5.41) is 12.5. The van der Waals surface area contributed by atoms with Crippen molar-refractivity contribution in [1.29, 1.82) is 5.26 Å². The fourth-order valence-electron chi connectivity index (χ4n) is 3.16. The topological polar surface area (TPSA) is 56.1 Å². The van der Waals surface area contributed by atoms with Crippen molar-refractivity contribution in [3.8, 4) is 6.07 Å². The molecule has 1 N–H and O–H groups in total. The molecule has 0 bridgehead atoms. The van der Waals surface area contributed by atoms with Crippen molar-refractivity contribution in [3.63, 3.8) is 0 Å². The third-order valence-corrected chi connectivity index (χ3v) is 4.55. The van der Waals surface area contributed by atoms with Crippen LogP contribution in [0.1, 0.15) is 51.9 Å². The number of piperidine rings is 1. The van der Waals surface area contributed by atoms with E-state index in [0.717, 1.165) is 32.4 Å². The molecule has 2 rings (SSSR count). The number of carbonyl (C=O) groups is 1. The summed E-state index contributed by atoms with van der Waals surface area (Å²) in [7, 11) is 0. The van der Waals surface area contributed by atoms with Gasteiger partial charge in [-0.25, -0.2) is 0 Å². The van der Waals surface area contributed by atoms with Crippen molar-refractivity contribution < 1.29 is 4.79 Å². The monoisotopic (exact) mass is 275 g/mol. The summed E-state index contributed by atoms with van der Waals surface area (Å²) in [6.45, 7) is 3.82. The first-order chi connectivity index (χ1) is 9.72. The molecule has 2 aliphatic rings. The predicted octanol–water partition coefficient (Wildman–Crippen LogP) is 2.57. The van der Waals surface area contributed by atoms with Crippen molar-refractivity contribution in [1.82, 2.24) is 10.2 Å². The third-order valence-electron chi connectivity index (χ3n) is 4.55. The molecule has 0 radical (unpaired) electrons. The Morgan fingerprint density at radius 2 is 1.90 bits per heavy atom. The normalized spacial score (nSPS) is 27.8. The van der Waals surface area contributed by atoms with Crippen LogP contribution in [-0.4, -0.2) is 29.9 Å². The lowest BCUT2D eigenvalue weighted by Crippen LogP contribution is -2.38. The maximum atomic E-state index is 12.3. The Labute approximate surface area is 121 Å². The van der Waals surface area contributed by atoms with Gasteiger partial charge in [0.25, 0.3) is 5.91 Å². The second kappa shape index (κ2) is 7.33. The molecule has 2 fully saturated rings. The molecule has 20 heavy (non-hydrogen) atoms. The highest BCUT2D eigenvalue weighted by molar-refractivity contribution is 5.97.